The zero-order valence-corrected chi connectivity index (χ0v) is 15.8. The Kier molecular flexibility index (Phi) is 6.72. The minimum atomic E-state index is -3.86. The van der Waals surface area contributed by atoms with Gasteiger partial charge < -0.3 is 10.4 Å². The molecule has 0 atom stereocenters. The normalized spacial score (nSPS) is 11.0. The van der Waals surface area contributed by atoms with Gasteiger partial charge in [0.2, 0.25) is 10.0 Å². The van der Waals surface area contributed by atoms with Gasteiger partial charge >= 0.3 is 5.97 Å². The van der Waals surface area contributed by atoms with Crippen molar-refractivity contribution in [2.75, 3.05) is 11.1 Å². The van der Waals surface area contributed by atoms with Crippen molar-refractivity contribution in [2.45, 2.75) is 16.2 Å². The zero-order chi connectivity index (χ0) is 20.9. The molecule has 1 amide bonds. The van der Waals surface area contributed by atoms with Crippen molar-refractivity contribution in [3.8, 4) is 0 Å². The molecule has 12 heteroatoms. The predicted octanol–water partition coefficient (Wildman–Crippen LogP) is 2.06. The average molecular weight is 425 g/mol. The minimum Gasteiger partial charge on any atom is -0.481 e. The topological polar surface area (TPSA) is 170 Å². The average Bonchev–Trinajstić information content (AvgIpc) is 2.61. The number of benzene rings is 2. The molecule has 2 aromatic carbocycles. The third kappa shape index (κ3) is 5.77. The molecule has 0 aliphatic carbocycles. The highest BCUT2D eigenvalue weighted by molar-refractivity contribution is 7.99. The molecule has 0 fully saturated rings. The number of nitrogens with two attached hydrogens (primary N) is 1. The van der Waals surface area contributed by atoms with E-state index in [1.807, 2.05) is 0 Å². The number of carboxylic acid groups (broad SMARTS) is 1. The Labute approximate surface area is 163 Å². The first-order valence-corrected chi connectivity index (χ1v) is 10.2. The Balaban J connectivity index is 2.17. The highest BCUT2D eigenvalue weighted by atomic mass is 32.2. The van der Waals surface area contributed by atoms with E-state index in [1.165, 1.54) is 36.4 Å². The fourth-order valence-electron chi connectivity index (χ4n) is 2.10. The fraction of sp³-hybridized carbons (Fsp3) is 0.125. The van der Waals surface area contributed by atoms with Crippen LogP contribution in [-0.4, -0.2) is 36.1 Å². The molecule has 10 nitrogen and oxygen atoms in total. The van der Waals surface area contributed by atoms with E-state index in [2.05, 4.69) is 5.32 Å². The van der Waals surface area contributed by atoms with Crippen LogP contribution in [0.4, 0.5) is 11.4 Å². The number of carbonyl (C=O) groups excluding carboxylic acids is 1. The molecule has 28 heavy (non-hydrogen) atoms. The lowest BCUT2D eigenvalue weighted by molar-refractivity contribution is -0.387. The van der Waals surface area contributed by atoms with Crippen LogP contribution in [0.3, 0.4) is 0 Å². The van der Waals surface area contributed by atoms with Crippen LogP contribution in [0, 0.1) is 10.1 Å². The quantitative estimate of drug-likeness (QED) is 0.328. The van der Waals surface area contributed by atoms with E-state index in [4.69, 9.17) is 10.2 Å². The van der Waals surface area contributed by atoms with Crippen molar-refractivity contribution in [1.29, 1.82) is 0 Å². The van der Waals surface area contributed by atoms with Crippen LogP contribution in [0.25, 0.3) is 0 Å². The van der Waals surface area contributed by atoms with Gasteiger partial charge in [-0.1, -0.05) is 0 Å². The molecular weight excluding hydrogens is 410 g/mol. The summed E-state index contributed by atoms with van der Waals surface area (Å²) < 4.78 is 22.5. The lowest BCUT2D eigenvalue weighted by Crippen LogP contribution is -2.14. The fourth-order valence-corrected chi connectivity index (χ4v) is 3.56. The minimum absolute atomic E-state index is 0.0183. The SMILES string of the molecule is NS(=O)(=O)c1ccc(NC(=O)c2ccc(SCCC(=O)O)c([N+](=O)[O-])c2)cc1. The van der Waals surface area contributed by atoms with Crippen LogP contribution >= 0.6 is 11.8 Å². The Morgan fingerprint density at radius 3 is 2.36 bits per heavy atom. The van der Waals surface area contributed by atoms with E-state index < -0.39 is 26.8 Å². The predicted molar refractivity (Wildman–Crippen MR) is 102 cm³/mol. The first-order chi connectivity index (χ1) is 13.1. The number of aliphatic carboxylic acids is 1. The van der Waals surface area contributed by atoms with Gasteiger partial charge in [0.05, 0.1) is 21.1 Å². The first kappa shape index (κ1) is 21.3. The summed E-state index contributed by atoms with van der Waals surface area (Å²) in [6.45, 7) is 0. The van der Waals surface area contributed by atoms with E-state index in [9.17, 15) is 28.1 Å². The van der Waals surface area contributed by atoms with Crippen LogP contribution < -0.4 is 10.5 Å². The van der Waals surface area contributed by atoms with Crippen molar-refractivity contribution in [3.63, 3.8) is 0 Å². The van der Waals surface area contributed by atoms with Crippen molar-refractivity contribution in [2.24, 2.45) is 5.14 Å². The number of sulfonamides is 1. The van der Waals surface area contributed by atoms with Gasteiger partial charge in [-0.2, -0.15) is 0 Å². The lowest BCUT2D eigenvalue weighted by atomic mass is 10.2. The maximum atomic E-state index is 12.3. The highest BCUT2D eigenvalue weighted by Crippen LogP contribution is 2.30. The van der Waals surface area contributed by atoms with Gasteiger partial charge in [-0.3, -0.25) is 19.7 Å². The largest absolute Gasteiger partial charge is 0.481 e. The van der Waals surface area contributed by atoms with Gasteiger partial charge in [-0.05, 0) is 36.4 Å². The standard InChI is InChI=1S/C16H15N3O7S2/c17-28(25,26)12-4-2-11(3-5-12)18-16(22)10-1-6-14(13(9-10)19(23)24)27-8-7-15(20)21/h1-6,9H,7-8H2,(H,18,22)(H,20,21)(H2,17,25,26). The summed E-state index contributed by atoms with van der Waals surface area (Å²) in [7, 11) is -3.86. The molecule has 0 aliphatic heterocycles. The number of anilines is 1. The third-order valence-corrected chi connectivity index (χ3v) is 5.43. The summed E-state index contributed by atoms with van der Waals surface area (Å²) in [6, 6.07) is 8.96. The maximum absolute atomic E-state index is 12.3. The van der Waals surface area contributed by atoms with Crippen LogP contribution in [-0.2, 0) is 14.8 Å². The Morgan fingerprint density at radius 2 is 1.82 bits per heavy atom. The van der Waals surface area contributed by atoms with Gasteiger partial charge in [0.25, 0.3) is 11.6 Å². The molecule has 0 heterocycles. The molecule has 0 bridgehead atoms. The third-order valence-electron chi connectivity index (χ3n) is 3.43. The molecule has 2 aromatic rings. The molecule has 0 spiro atoms. The highest BCUT2D eigenvalue weighted by Gasteiger charge is 2.18. The van der Waals surface area contributed by atoms with E-state index >= 15 is 0 Å². The van der Waals surface area contributed by atoms with Gasteiger partial charge in [-0.25, -0.2) is 13.6 Å². The molecule has 148 valence electrons. The number of hydrogen-bond donors (Lipinski definition) is 3. The second-order valence-corrected chi connectivity index (χ2v) is 8.15. The van der Waals surface area contributed by atoms with E-state index in [-0.39, 0.29) is 38.9 Å². The number of primary sulfonamides is 1. The van der Waals surface area contributed by atoms with Crippen LogP contribution in [0.15, 0.2) is 52.3 Å². The van der Waals surface area contributed by atoms with Gasteiger partial charge in [0.1, 0.15) is 0 Å². The Hall–Kier alpha value is -2.96. The molecule has 0 unspecified atom stereocenters. The molecule has 0 radical (unpaired) electrons. The van der Waals surface area contributed by atoms with Crippen molar-refractivity contribution in [3.05, 3.63) is 58.1 Å². The Morgan fingerprint density at radius 1 is 1.18 bits per heavy atom. The molecular formula is C16H15N3O7S2. The summed E-state index contributed by atoms with van der Waals surface area (Å²) in [4.78, 5) is 33.6. The van der Waals surface area contributed by atoms with Crippen LogP contribution in [0.1, 0.15) is 16.8 Å². The second kappa shape index (κ2) is 8.82. The number of carbonyl (C=O) groups is 2. The number of carboxylic acids is 1. The number of thioether (sulfide) groups is 1. The van der Waals surface area contributed by atoms with Crippen molar-refractivity contribution < 1.29 is 28.0 Å². The number of nitrogens with zero attached hydrogens (tertiary/aromatic N) is 1. The molecule has 2 rings (SSSR count). The lowest BCUT2D eigenvalue weighted by Gasteiger charge is -2.08. The van der Waals surface area contributed by atoms with E-state index in [0.717, 1.165) is 17.8 Å². The number of hydrogen-bond acceptors (Lipinski definition) is 7. The molecule has 0 aromatic heterocycles. The summed E-state index contributed by atoms with van der Waals surface area (Å²) >= 11 is 1.01. The first-order valence-electron chi connectivity index (χ1n) is 7.65. The van der Waals surface area contributed by atoms with E-state index in [1.54, 1.807) is 0 Å². The van der Waals surface area contributed by atoms with Gasteiger partial charge in [0.15, 0.2) is 0 Å². The number of amides is 1. The number of nitro benzene ring substituents is 1. The zero-order valence-electron chi connectivity index (χ0n) is 14.2. The monoisotopic (exact) mass is 425 g/mol. The van der Waals surface area contributed by atoms with Crippen molar-refractivity contribution >= 4 is 45.0 Å². The summed E-state index contributed by atoms with van der Waals surface area (Å²) in [5.74, 6) is -1.49. The van der Waals surface area contributed by atoms with Crippen LogP contribution in [0.2, 0.25) is 0 Å². The summed E-state index contributed by atoms with van der Waals surface area (Å²) in [6.07, 6.45) is -0.154. The molecule has 0 saturated heterocycles. The van der Waals surface area contributed by atoms with Gasteiger partial charge in [0, 0.05) is 23.1 Å². The molecule has 0 saturated carbocycles. The number of rotatable bonds is 8. The summed E-state index contributed by atoms with van der Waals surface area (Å²) in [5.41, 5.74) is -0.0163. The van der Waals surface area contributed by atoms with Crippen LogP contribution in [0.5, 0.6) is 0 Å². The number of nitrogens with one attached hydrogen (secondary N) is 1. The molecule has 4 N–H and O–H groups in total. The number of nitro groups is 1. The summed E-state index contributed by atoms with van der Waals surface area (Å²) in [5, 5.41) is 27.4. The van der Waals surface area contributed by atoms with Gasteiger partial charge in [-0.15, -0.1) is 11.8 Å². The van der Waals surface area contributed by atoms with Crippen molar-refractivity contribution in [1.82, 2.24) is 0 Å². The molecule has 0 aliphatic rings. The smallest absolute Gasteiger partial charge is 0.304 e. The Bertz CT molecular complexity index is 1020. The van der Waals surface area contributed by atoms with E-state index in [0.29, 0.717) is 0 Å². The second-order valence-electron chi connectivity index (χ2n) is 5.46. The maximum Gasteiger partial charge on any atom is 0.304 e.